The van der Waals surface area contributed by atoms with Crippen LogP contribution in [0.1, 0.15) is 23.8 Å². The lowest BCUT2D eigenvalue weighted by Gasteiger charge is -2.30. The highest BCUT2D eigenvalue weighted by atomic mass is 32.1. The van der Waals surface area contributed by atoms with Gasteiger partial charge in [0, 0.05) is 31.1 Å². The van der Waals surface area contributed by atoms with E-state index in [9.17, 15) is 0 Å². The Hall–Kier alpha value is -0.420. The van der Waals surface area contributed by atoms with Gasteiger partial charge >= 0.3 is 0 Å². The first kappa shape index (κ1) is 12.0. The maximum Gasteiger partial charge on any atom is 0.0590 e. The zero-order valence-electron chi connectivity index (χ0n) is 9.76. The molecule has 0 bridgehead atoms. The van der Waals surface area contributed by atoms with Gasteiger partial charge in [0.15, 0.2) is 0 Å². The second-order valence-corrected chi connectivity index (χ2v) is 5.21. The van der Waals surface area contributed by atoms with Crippen LogP contribution < -0.4 is 5.73 Å². The Kier molecular flexibility index (Phi) is 4.35. The van der Waals surface area contributed by atoms with Gasteiger partial charge in [0.2, 0.25) is 0 Å². The molecule has 1 aromatic rings. The van der Waals surface area contributed by atoms with Crippen LogP contribution in [-0.2, 0) is 4.74 Å². The summed E-state index contributed by atoms with van der Waals surface area (Å²) < 4.78 is 5.18. The number of nitrogens with zero attached hydrogens (tertiary/aromatic N) is 1. The van der Waals surface area contributed by atoms with E-state index in [0.29, 0.717) is 12.6 Å². The minimum atomic E-state index is 0.377. The molecule has 1 aliphatic rings. The predicted octanol–water partition coefficient (Wildman–Crippen LogP) is 1.86. The molecule has 1 heterocycles. The first-order chi connectivity index (χ1) is 7.86. The van der Waals surface area contributed by atoms with Crippen molar-refractivity contribution in [1.29, 1.82) is 0 Å². The molecule has 2 rings (SSSR count). The van der Waals surface area contributed by atoms with E-state index in [1.807, 2.05) is 0 Å². The molecule has 1 aliphatic carbocycles. The number of methoxy groups -OCH3 is 1. The summed E-state index contributed by atoms with van der Waals surface area (Å²) in [6.45, 7) is 2.47. The normalized spacial score (nSPS) is 17.9. The molecule has 0 radical (unpaired) electrons. The van der Waals surface area contributed by atoms with Crippen LogP contribution in [0.3, 0.4) is 0 Å². The van der Waals surface area contributed by atoms with Crippen molar-refractivity contribution in [3.05, 3.63) is 22.4 Å². The highest BCUT2D eigenvalue weighted by molar-refractivity contribution is 7.10. The first-order valence-electron chi connectivity index (χ1n) is 5.85. The SMILES string of the molecule is COCCN(C1CC1)C(CN)c1cccs1. The summed E-state index contributed by atoms with van der Waals surface area (Å²) in [5.74, 6) is 0. The van der Waals surface area contributed by atoms with Crippen LogP contribution in [0.5, 0.6) is 0 Å². The van der Waals surface area contributed by atoms with Crippen molar-refractivity contribution in [2.75, 3.05) is 26.8 Å². The zero-order chi connectivity index (χ0) is 11.4. The number of nitrogens with two attached hydrogens (primary N) is 1. The minimum Gasteiger partial charge on any atom is -0.383 e. The van der Waals surface area contributed by atoms with Gasteiger partial charge in [-0.2, -0.15) is 0 Å². The van der Waals surface area contributed by atoms with E-state index < -0.39 is 0 Å². The summed E-state index contributed by atoms with van der Waals surface area (Å²) in [5.41, 5.74) is 5.93. The van der Waals surface area contributed by atoms with Crippen LogP contribution in [0, 0.1) is 0 Å². The summed E-state index contributed by atoms with van der Waals surface area (Å²) in [5, 5.41) is 2.12. The van der Waals surface area contributed by atoms with E-state index in [4.69, 9.17) is 10.5 Å². The Balaban J connectivity index is 2.03. The van der Waals surface area contributed by atoms with Crippen molar-refractivity contribution in [2.24, 2.45) is 5.73 Å². The molecule has 1 saturated carbocycles. The van der Waals surface area contributed by atoms with Crippen LogP contribution in [0.4, 0.5) is 0 Å². The Morgan fingerprint density at radius 3 is 2.94 bits per heavy atom. The van der Waals surface area contributed by atoms with Gasteiger partial charge in [0.05, 0.1) is 12.6 Å². The fourth-order valence-electron chi connectivity index (χ4n) is 2.09. The van der Waals surface area contributed by atoms with Crippen molar-refractivity contribution >= 4 is 11.3 Å². The molecule has 0 amide bonds. The quantitative estimate of drug-likeness (QED) is 0.790. The monoisotopic (exact) mass is 240 g/mol. The smallest absolute Gasteiger partial charge is 0.0590 e. The van der Waals surface area contributed by atoms with E-state index >= 15 is 0 Å². The second-order valence-electron chi connectivity index (χ2n) is 4.23. The van der Waals surface area contributed by atoms with Crippen LogP contribution in [0.25, 0.3) is 0 Å². The summed E-state index contributed by atoms with van der Waals surface area (Å²) in [6, 6.07) is 5.39. The summed E-state index contributed by atoms with van der Waals surface area (Å²) >= 11 is 1.80. The Bertz CT molecular complexity index is 298. The zero-order valence-corrected chi connectivity index (χ0v) is 10.6. The van der Waals surface area contributed by atoms with Crippen molar-refractivity contribution in [3.8, 4) is 0 Å². The third kappa shape index (κ3) is 2.83. The fraction of sp³-hybridized carbons (Fsp3) is 0.667. The second kappa shape index (κ2) is 5.77. The van der Waals surface area contributed by atoms with Gasteiger partial charge in [0.1, 0.15) is 0 Å². The van der Waals surface area contributed by atoms with Crippen molar-refractivity contribution in [3.63, 3.8) is 0 Å². The van der Waals surface area contributed by atoms with Crippen LogP contribution in [0.15, 0.2) is 17.5 Å². The summed E-state index contributed by atoms with van der Waals surface area (Å²) in [7, 11) is 1.76. The van der Waals surface area contributed by atoms with Gasteiger partial charge < -0.3 is 10.5 Å². The van der Waals surface area contributed by atoms with Crippen LogP contribution >= 0.6 is 11.3 Å². The van der Waals surface area contributed by atoms with Crippen LogP contribution in [0.2, 0.25) is 0 Å². The molecular formula is C12H20N2OS. The topological polar surface area (TPSA) is 38.5 Å². The van der Waals surface area contributed by atoms with Crippen molar-refractivity contribution < 1.29 is 4.74 Å². The maximum absolute atomic E-state index is 5.93. The fourth-order valence-corrected chi connectivity index (χ4v) is 2.95. The Morgan fingerprint density at radius 1 is 1.62 bits per heavy atom. The average molecular weight is 240 g/mol. The van der Waals surface area contributed by atoms with Crippen molar-refractivity contribution in [1.82, 2.24) is 4.90 Å². The highest BCUT2D eigenvalue weighted by Gasteiger charge is 2.34. The molecule has 1 unspecified atom stereocenters. The molecule has 1 atom stereocenters. The van der Waals surface area contributed by atoms with E-state index in [1.165, 1.54) is 17.7 Å². The third-order valence-corrected chi connectivity index (χ3v) is 4.04. The lowest BCUT2D eigenvalue weighted by atomic mass is 10.2. The van der Waals surface area contributed by atoms with E-state index in [2.05, 4.69) is 22.4 Å². The van der Waals surface area contributed by atoms with E-state index in [1.54, 1.807) is 18.4 Å². The Morgan fingerprint density at radius 2 is 2.44 bits per heavy atom. The van der Waals surface area contributed by atoms with Gasteiger partial charge in [-0.15, -0.1) is 11.3 Å². The van der Waals surface area contributed by atoms with Gasteiger partial charge in [-0.1, -0.05) is 6.07 Å². The number of ether oxygens (including phenoxy) is 1. The van der Waals surface area contributed by atoms with Crippen molar-refractivity contribution in [2.45, 2.75) is 24.9 Å². The predicted molar refractivity (Wildman–Crippen MR) is 67.7 cm³/mol. The lowest BCUT2D eigenvalue weighted by Crippen LogP contribution is -2.37. The average Bonchev–Trinajstić information content (AvgIpc) is 3.00. The van der Waals surface area contributed by atoms with E-state index in [0.717, 1.165) is 19.2 Å². The largest absolute Gasteiger partial charge is 0.383 e. The molecule has 16 heavy (non-hydrogen) atoms. The van der Waals surface area contributed by atoms with Crippen LogP contribution in [-0.4, -0.2) is 37.7 Å². The molecular weight excluding hydrogens is 220 g/mol. The maximum atomic E-state index is 5.93. The third-order valence-electron chi connectivity index (χ3n) is 3.06. The Labute approximate surface area is 101 Å². The molecule has 0 aromatic carbocycles. The van der Waals surface area contributed by atoms with Gasteiger partial charge in [0.25, 0.3) is 0 Å². The van der Waals surface area contributed by atoms with Gasteiger partial charge in [-0.3, -0.25) is 4.90 Å². The molecule has 0 saturated heterocycles. The first-order valence-corrected chi connectivity index (χ1v) is 6.73. The molecule has 1 aromatic heterocycles. The standard InChI is InChI=1S/C12H20N2OS/c1-15-7-6-14(10-4-5-10)11(9-13)12-3-2-8-16-12/h2-3,8,10-11H,4-7,9,13H2,1H3. The number of hydrogen-bond acceptors (Lipinski definition) is 4. The highest BCUT2D eigenvalue weighted by Crippen LogP contribution is 2.35. The molecule has 2 N–H and O–H groups in total. The number of thiophene rings is 1. The van der Waals surface area contributed by atoms with Gasteiger partial charge in [-0.05, 0) is 24.3 Å². The molecule has 0 spiro atoms. The van der Waals surface area contributed by atoms with E-state index in [-0.39, 0.29) is 0 Å². The molecule has 0 aliphatic heterocycles. The summed E-state index contributed by atoms with van der Waals surface area (Å²) in [6.07, 6.45) is 2.62. The molecule has 3 nitrogen and oxygen atoms in total. The summed E-state index contributed by atoms with van der Waals surface area (Å²) in [4.78, 5) is 3.89. The molecule has 4 heteroatoms. The number of rotatable bonds is 7. The number of hydrogen-bond donors (Lipinski definition) is 1. The molecule has 1 fully saturated rings. The van der Waals surface area contributed by atoms with Gasteiger partial charge in [-0.25, -0.2) is 0 Å². The minimum absolute atomic E-state index is 0.377. The molecule has 90 valence electrons. The lowest BCUT2D eigenvalue weighted by molar-refractivity contribution is 0.117.